The van der Waals surface area contributed by atoms with Crippen molar-refractivity contribution in [3.63, 3.8) is 0 Å². The smallest absolute Gasteiger partial charge is 0.363 e. The zero-order chi connectivity index (χ0) is 6.69. The molecule has 0 aromatic heterocycles. The van der Waals surface area contributed by atoms with Gasteiger partial charge in [-0.2, -0.15) is 0 Å². The summed E-state index contributed by atoms with van der Waals surface area (Å²) in [6.07, 6.45) is 1.21. The summed E-state index contributed by atoms with van der Waals surface area (Å²) in [6.45, 7) is 1.89. The number of rotatable bonds is 2. The number of ether oxygens (including phenoxy) is 1. The van der Waals surface area contributed by atoms with Gasteiger partial charge < -0.3 is 9.04 Å². The maximum absolute atomic E-state index is 5.22. The van der Waals surface area contributed by atoms with Gasteiger partial charge in [0.05, 0.1) is 6.61 Å². The lowest BCUT2D eigenvalue weighted by atomic mass is 10.3. The van der Waals surface area contributed by atoms with E-state index in [0.717, 1.165) is 13.2 Å². The third kappa shape index (κ3) is 2.68. The lowest BCUT2D eigenvalue weighted by molar-refractivity contribution is 0.192. The molecule has 9 heavy (non-hydrogen) atoms. The monoisotopic (exact) mass is 143 g/mol. The highest BCUT2D eigenvalue weighted by Crippen LogP contribution is 2.02. The zero-order valence-corrected chi connectivity index (χ0v) is 7.34. The Balaban J connectivity index is 2.11. The summed E-state index contributed by atoms with van der Waals surface area (Å²) >= 11 is -0.554. The molecule has 3 heteroatoms. The normalized spacial score (nSPS) is 26.7. The predicted molar refractivity (Wildman–Crippen MR) is 39.8 cm³/mol. The van der Waals surface area contributed by atoms with Gasteiger partial charge in [0.15, 0.2) is 0 Å². The van der Waals surface area contributed by atoms with E-state index in [1.54, 1.807) is 0 Å². The fourth-order valence-electron chi connectivity index (χ4n) is 1.14. The Morgan fingerprint density at radius 2 is 2.33 bits per heavy atom. The van der Waals surface area contributed by atoms with E-state index in [1.807, 2.05) is 0 Å². The van der Waals surface area contributed by atoms with Crippen LogP contribution in [0, 0.1) is 0 Å². The van der Waals surface area contributed by atoms with Gasteiger partial charge in [-0.05, 0) is 6.42 Å². The van der Waals surface area contributed by atoms with Crippen molar-refractivity contribution in [1.29, 1.82) is 0 Å². The molecule has 0 unspecified atom stereocenters. The molecule has 0 saturated carbocycles. The molecule has 1 aliphatic rings. The van der Waals surface area contributed by atoms with Gasteiger partial charge in [-0.15, -0.1) is 0 Å². The standard InChI is InChI=1S/C4H8NO.2CH3.Al/c5-4-1-2-6-3-4;;;/h4-5H,1-3H2;2*1H3;/q-1;;;+1/t4-;;;/m1.../s1. The van der Waals surface area contributed by atoms with E-state index >= 15 is 0 Å². The fraction of sp³-hybridized carbons (Fsp3) is 1.00. The summed E-state index contributed by atoms with van der Waals surface area (Å²) in [5.41, 5.74) is 0. The quantitative estimate of drug-likeness (QED) is 0.572. The summed E-state index contributed by atoms with van der Waals surface area (Å²) < 4.78 is 8.77. The van der Waals surface area contributed by atoms with Gasteiger partial charge in [-0.1, -0.05) is 11.6 Å². The summed E-state index contributed by atoms with van der Waals surface area (Å²) in [7, 11) is 0. The molecule has 1 N–H and O–H groups in total. The summed E-state index contributed by atoms with van der Waals surface area (Å²) in [5, 5.41) is 0. The molecule has 0 aromatic carbocycles. The van der Waals surface area contributed by atoms with Crippen molar-refractivity contribution < 1.29 is 4.74 Å². The lowest BCUT2D eigenvalue weighted by Gasteiger charge is -2.10. The van der Waals surface area contributed by atoms with Crippen molar-refractivity contribution >= 4 is 14.4 Å². The third-order valence-corrected chi connectivity index (χ3v) is 2.64. The molecule has 1 rings (SSSR count). The molecule has 0 amide bonds. The van der Waals surface area contributed by atoms with Crippen LogP contribution in [0.3, 0.4) is 0 Å². The minimum atomic E-state index is -0.554. The van der Waals surface area contributed by atoms with Gasteiger partial charge in [-0.25, -0.2) is 0 Å². The second kappa shape index (κ2) is 3.58. The van der Waals surface area contributed by atoms with Gasteiger partial charge in [0.2, 0.25) is 0 Å². The number of hydrogen-bond donors (Lipinski definition) is 1. The Kier molecular flexibility index (Phi) is 3.01. The van der Waals surface area contributed by atoms with Crippen LogP contribution in [0.5, 0.6) is 0 Å². The van der Waals surface area contributed by atoms with Crippen LogP contribution in [0.4, 0.5) is 0 Å². The Hall–Kier alpha value is 0.452. The second-order valence-electron chi connectivity index (χ2n) is 2.88. The van der Waals surface area contributed by atoms with Crippen LogP contribution in [0.15, 0.2) is 0 Å². The molecule has 1 saturated heterocycles. The maximum atomic E-state index is 5.22. The van der Waals surface area contributed by atoms with Crippen molar-refractivity contribution in [2.24, 2.45) is 0 Å². The Labute approximate surface area is 61.2 Å². The second-order valence-corrected chi connectivity index (χ2v) is 5.52. The Morgan fingerprint density at radius 3 is 2.78 bits per heavy atom. The zero-order valence-electron chi connectivity index (χ0n) is 6.18. The van der Waals surface area contributed by atoms with Crippen molar-refractivity contribution in [2.45, 2.75) is 24.0 Å². The summed E-state index contributed by atoms with van der Waals surface area (Å²) in [6, 6.07) is 0.677. The van der Waals surface area contributed by atoms with Crippen molar-refractivity contribution in [1.82, 2.24) is 4.30 Å². The molecule has 1 atom stereocenters. The van der Waals surface area contributed by atoms with Crippen LogP contribution in [0.1, 0.15) is 6.42 Å². The van der Waals surface area contributed by atoms with Crippen LogP contribution in [-0.2, 0) is 4.74 Å². The predicted octanol–water partition coefficient (Wildman–Crippen LogP) is 0.616. The van der Waals surface area contributed by atoms with Crippen LogP contribution < -0.4 is 4.30 Å². The molecule has 52 valence electrons. The minimum absolute atomic E-state index is 0.554. The molecule has 0 radical (unpaired) electrons. The third-order valence-electron chi connectivity index (χ3n) is 1.50. The van der Waals surface area contributed by atoms with E-state index in [2.05, 4.69) is 15.9 Å². The molecule has 2 nitrogen and oxygen atoms in total. The largest absolute Gasteiger partial charge is 0.394 e. The maximum Gasteiger partial charge on any atom is 0.363 e. The molecular formula is C6H14AlNO. The van der Waals surface area contributed by atoms with Gasteiger partial charge in [0.25, 0.3) is 0 Å². The molecule has 0 spiro atoms. The first-order valence-electron chi connectivity index (χ1n) is 3.63. The van der Waals surface area contributed by atoms with E-state index in [0.29, 0.717) is 6.04 Å². The highest BCUT2D eigenvalue weighted by atomic mass is 27.2. The topological polar surface area (TPSA) is 21.3 Å². The van der Waals surface area contributed by atoms with Crippen LogP contribution >= 0.6 is 0 Å². The molecule has 0 aromatic rings. The minimum Gasteiger partial charge on any atom is -0.394 e. The summed E-state index contributed by atoms with van der Waals surface area (Å²) in [5.74, 6) is 4.61. The average Bonchev–Trinajstić information content (AvgIpc) is 2.15. The van der Waals surface area contributed by atoms with E-state index in [4.69, 9.17) is 4.74 Å². The van der Waals surface area contributed by atoms with E-state index in [-0.39, 0.29) is 0 Å². The number of nitrogens with one attached hydrogen (secondary N) is 1. The van der Waals surface area contributed by atoms with Crippen LogP contribution in [0.25, 0.3) is 0 Å². The highest BCUT2D eigenvalue weighted by molar-refractivity contribution is 6.52. The first-order valence-corrected chi connectivity index (χ1v) is 6.51. The van der Waals surface area contributed by atoms with Crippen molar-refractivity contribution in [3.05, 3.63) is 0 Å². The van der Waals surface area contributed by atoms with E-state index < -0.39 is 14.4 Å². The first-order chi connectivity index (χ1) is 4.29. The fourth-order valence-corrected chi connectivity index (χ4v) is 2.34. The summed E-state index contributed by atoms with van der Waals surface area (Å²) in [4.78, 5) is 0. The van der Waals surface area contributed by atoms with E-state index in [1.165, 1.54) is 6.42 Å². The molecule has 1 aliphatic heterocycles. The van der Waals surface area contributed by atoms with Crippen LogP contribution in [-0.4, -0.2) is 33.6 Å². The van der Waals surface area contributed by atoms with Gasteiger partial charge in [0, 0.05) is 12.6 Å². The Bertz CT molecular complexity index is 81.1. The van der Waals surface area contributed by atoms with Gasteiger partial charge in [-0.3, -0.25) is 0 Å². The number of hydrogen-bond acceptors (Lipinski definition) is 2. The molecular weight excluding hydrogens is 129 g/mol. The Morgan fingerprint density at radius 1 is 1.56 bits per heavy atom. The van der Waals surface area contributed by atoms with Crippen molar-refractivity contribution in [2.75, 3.05) is 13.2 Å². The molecule has 0 aliphatic carbocycles. The molecule has 1 fully saturated rings. The first kappa shape index (κ1) is 7.56. The highest BCUT2D eigenvalue weighted by Gasteiger charge is 2.16. The molecule has 1 heterocycles. The average molecular weight is 143 g/mol. The molecule has 0 bridgehead atoms. The SMILES string of the molecule is [CH3][Al]([CH3])[NH][C@@H]1CCOC1. The van der Waals surface area contributed by atoms with Gasteiger partial charge in [0.1, 0.15) is 0 Å². The van der Waals surface area contributed by atoms with E-state index in [9.17, 15) is 0 Å². The lowest BCUT2D eigenvalue weighted by Crippen LogP contribution is -2.37. The van der Waals surface area contributed by atoms with Gasteiger partial charge >= 0.3 is 14.4 Å². The van der Waals surface area contributed by atoms with Crippen molar-refractivity contribution in [3.8, 4) is 0 Å². The van der Waals surface area contributed by atoms with Crippen LogP contribution in [0.2, 0.25) is 11.6 Å².